The van der Waals surface area contributed by atoms with Crippen molar-refractivity contribution in [3.8, 4) is 0 Å². The summed E-state index contributed by atoms with van der Waals surface area (Å²) >= 11 is 1.94. The summed E-state index contributed by atoms with van der Waals surface area (Å²) in [6.45, 7) is 8.54. The number of hydrogen-bond donors (Lipinski definition) is 1. The molecule has 1 aromatic heterocycles. The maximum Gasteiger partial charge on any atom is 0.0431 e. The van der Waals surface area contributed by atoms with Crippen LogP contribution in [0.2, 0.25) is 0 Å². The molecule has 0 spiro atoms. The number of likely N-dealkylation sites (N-methyl/N-ethyl adjacent to an activating group) is 1. The number of aliphatic hydroxyl groups excluding tert-OH is 1. The molecule has 5 heteroatoms. The van der Waals surface area contributed by atoms with Gasteiger partial charge in [-0.25, -0.2) is 0 Å². The molecule has 1 N–H and O–H groups in total. The maximum atomic E-state index is 9.38. The number of piperidine rings is 1. The summed E-state index contributed by atoms with van der Waals surface area (Å²) in [5, 5.41) is 10.8. The number of aliphatic hydroxyl groups is 1. The van der Waals surface area contributed by atoms with E-state index < -0.39 is 0 Å². The van der Waals surface area contributed by atoms with Crippen LogP contribution in [0.15, 0.2) is 30.3 Å². The van der Waals surface area contributed by atoms with E-state index in [0.29, 0.717) is 18.6 Å². The number of rotatable bonds is 6. The van der Waals surface area contributed by atoms with Crippen LogP contribution in [-0.4, -0.2) is 78.8 Å². The first-order chi connectivity index (χ1) is 13.2. The molecule has 4 nitrogen and oxygen atoms in total. The average molecular weight is 388 g/mol. The zero-order valence-corrected chi connectivity index (χ0v) is 17.3. The van der Waals surface area contributed by atoms with Gasteiger partial charge in [0.15, 0.2) is 0 Å². The Balaban J connectivity index is 1.40. The minimum atomic E-state index is 0.322. The fourth-order valence-corrected chi connectivity index (χ4v) is 5.95. The minimum Gasteiger partial charge on any atom is -0.396 e. The van der Waals surface area contributed by atoms with E-state index >= 15 is 0 Å². The van der Waals surface area contributed by atoms with Crippen LogP contribution in [0.1, 0.15) is 24.1 Å². The fraction of sp³-hybridized carbons (Fsp3) is 0.636. The predicted octanol–water partition coefficient (Wildman–Crippen LogP) is 3.11. The van der Waals surface area contributed by atoms with E-state index in [1.54, 1.807) is 0 Å². The average Bonchev–Trinajstić information content (AvgIpc) is 3.09. The van der Waals surface area contributed by atoms with Gasteiger partial charge in [-0.2, -0.15) is 0 Å². The Morgan fingerprint density at radius 3 is 2.70 bits per heavy atom. The molecule has 0 unspecified atom stereocenters. The molecule has 148 valence electrons. The topological polar surface area (TPSA) is 30.0 Å². The van der Waals surface area contributed by atoms with Crippen molar-refractivity contribution >= 4 is 21.4 Å². The molecule has 0 saturated carbocycles. The highest BCUT2D eigenvalue weighted by Gasteiger charge is 2.34. The van der Waals surface area contributed by atoms with Gasteiger partial charge in [0.05, 0.1) is 0 Å². The van der Waals surface area contributed by atoms with Crippen molar-refractivity contribution in [3.05, 3.63) is 35.2 Å². The summed E-state index contributed by atoms with van der Waals surface area (Å²) in [5.74, 6) is 0.684. The van der Waals surface area contributed by atoms with Crippen molar-refractivity contribution in [2.24, 2.45) is 5.92 Å². The van der Waals surface area contributed by atoms with Crippen molar-refractivity contribution in [2.45, 2.75) is 31.8 Å². The molecule has 2 saturated heterocycles. The van der Waals surface area contributed by atoms with Gasteiger partial charge in [-0.05, 0) is 49.7 Å². The number of nitrogens with zero attached hydrogens (tertiary/aromatic N) is 3. The smallest absolute Gasteiger partial charge is 0.0431 e. The number of likely N-dealkylation sites (tertiary alicyclic amines) is 1. The molecule has 2 aliphatic rings. The Hall–Kier alpha value is -0.980. The Kier molecular flexibility index (Phi) is 6.46. The Morgan fingerprint density at radius 2 is 1.93 bits per heavy atom. The highest BCUT2D eigenvalue weighted by atomic mass is 32.1. The SMILES string of the molecule is CN1CCN([C@@H]2CCN(Cc3cc4ccccc4s3)C[C@@H]2CCCO)CC1. The number of fused-ring (bicyclic) bond motifs is 1. The van der Waals surface area contributed by atoms with E-state index in [2.05, 4.69) is 52.1 Å². The number of benzene rings is 1. The second kappa shape index (κ2) is 9.01. The third-order valence-corrected chi connectivity index (χ3v) is 7.47. The molecule has 2 aliphatic heterocycles. The zero-order valence-electron chi connectivity index (χ0n) is 16.5. The summed E-state index contributed by atoms with van der Waals surface area (Å²) in [5.41, 5.74) is 0. The molecular formula is C22H33N3OS. The molecule has 0 amide bonds. The molecule has 1 aromatic carbocycles. The second-order valence-corrected chi connectivity index (χ2v) is 9.48. The van der Waals surface area contributed by atoms with Gasteiger partial charge < -0.3 is 10.0 Å². The first kappa shape index (κ1) is 19.3. The highest BCUT2D eigenvalue weighted by molar-refractivity contribution is 7.19. The maximum absolute atomic E-state index is 9.38. The zero-order chi connectivity index (χ0) is 18.6. The van der Waals surface area contributed by atoms with Gasteiger partial charge in [0, 0.05) is 68.0 Å². The molecule has 4 rings (SSSR count). The predicted molar refractivity (Wildman–Crippen MR) is 114 cm³/mol. The van der Waals surface area contributed by atoms with E-state index in [1.807, 2.05) is 11.3 Å². The van der Waals surface area contributed by atoms with Crippen LogP contribution >= 0.6 is 11.3 Å². The van der Waals surface area contributed by atoms with Gasteiger partial charge in [-0.1, -0.05) is 18.2 Å². The Labute approximate surface area is 167 Å². The van der Waals surface area contributed by atoms with E-state index in [9.17, 15) is 5.11 Å². The summed E-state index contributed by atoms with van der Waals surface area (Å²) in [4.78, 5) is 9.31. The summed E-state index contributed by atoms with van der Waals surface area (Å²) in [7, 11) is 2.23. The lowest BCUT2D eigenvalue weighted by atomic mass is 9.86. The first-order valence-corrected chi connectivity index (χ1v) is 11.3. The van der Waals surface area contributed by atoms with Crippen LogP contribution in [-0.2, 0) is 6.54 Å². The Morgan fingerprint density at radius 1 is 1.11 bits per heavy atom. The van der Waals surface area contributed by atoms with Crippen LogP contribution < -0.4 is 0 Å². The summed E-state index contributed by atoms with van der Waals surface area (Å²) in [6, 6.07) is 11.8. The van der Waals surface area contributed by atoms with Crippen molar-refractivity contribution in [2.75, 3.05) is 52.9 Å². The molecule has 0 bridgehead atoms. The third-order valence-electron chi connectivity index (χ3n) is 6.37. The van der Waals surface area contributed by atoms with Gasteiger partial charge in [-0.15, -0.1) is 11.3 Å². The lowest BCUT2D eigenvalue weighted by Gasteiger charge is -2.46. The molecule has 0 radical (unpaired) electrons. The fourth-order valence-electron chi connectivity index (χ4n) is 4.85. The molecule has 3 heterocycles. The summed E-state index contributed by atoms with van der Waals surface area (Å²) in [6.07, 6.45) is 3.35. The first-order valence-electron chi connectivity index (χ1n) is 10.5. The minimum absolute atomic E-state index is 0.322. The van der Waals surface area contributed by atoms with Crippen LogP contribution in [0.25, 0.3) is 10.1 Å². The number of hydrogen-bond acceptors (Lipinski definition) is 5. The van der Waals surface area contributed by atoms with Crippen LogP contribution in [0, 0.1) is 5.92 Å². The van der Waals surface area contributed by atoms with E-state index in [-0.39, 0.29) is 0 Å². The molecule has 2 fully saturated rings. The van der Waals surface area contributed by atoms with Crippen molar-refractivity contribution in [1.29, 1.82) is 0 Å². The van der Waals surface area contributed by atoms with E-state index in [1.165, 1.54) is 60.7 Å². The third kappa shape index (κ3) is 4.72. The standard InChI is InChI=1S/C22H33N3OS/c1-23-10-12-25(13-11-23)21-8-9-24(16-19(21)6-4-14-26)17-20-15-18-5-2-3-7-22(18)27-20/h2-3,5,7,15,19,21,26H,4,6,8-14,16-17H2,1H3/t19-,21+/m0/s1. The molecule has 2 aromatic rings. The van der Waals surface area contributed by atoms with Gasteiger partial charge in [0.2, 0.25) is 0 Å². The van der Waals surface area contributed by atoms with Crippen LogP contribution in [0.3, 0.4) is 0 Å². The number of piperazine rings is 1. The summed E-state index contributed by atoms with van der Waals surface area (Å²) < 4.78 is 1.40. The van der Waals surface area contributed by atoms with Gasteiger partial charge in [0.25, 0.3) is 0 Å². The van der Waals surface area contributed by atoms with Gasteiger partial charge >= 0.3 is 0 Å². The van der Waals surface area contributed by atoms with Crippen molar-refractivity contribution in [3.63, 3.8) is 0 Å². The largest absolute Gasteiger partial charge is 0.396 e. The van der Waals surface area contributed by atoms with Gasteiger partial charge in [0.1, 0.15) is 0 Å². The van der Waals surface area contributed by atoms with E-state index in [0.717, 1.165) is 19.4 Å². The van der Waals surface area contributed by atoms with Crippen LogP contribution in [0.4, 0.5) is 0 Å². The quantitative estimate of drug-likeness (QED) is 0.825. The van der Waals surface area contributed by atoms with Crippen LogP contribution in [0.5, 0.6) is 0 Å². The normalized spacial score (nSPS) is 26.0. The van der Waals surface area contributed by atoms with Gasteiger partial charge in [-0.3, -0.25) is 9.80 Å². The van der Waals surface area contributed by atoms with E-state index in [4.69, 9.17) is 0 Å². The molecular weight excluding hydrogens is 354 g/mol. The Bertz CT molecular complexity index is 692. The monoisotopic (exact) mass is 387 g/mol. The number of thiophene rings is 1. The molecule has 27 heavy (non-hydrogen) atoms. The lowest BCUT2D eigenvalue weighted by molar-refractivity contribution is 0.0214. The molecule has 0 aliphatic carbocycles. The van der Waals surface area contributed by atoms with Crippen molar-refractivity contribution in [1.82, 2.24) is 14.7 Å². The van der Waals surface area contributed by atoms with Crippen molar-refractivity contribution < 1.29 is 5.11 Å². The lowest BCUT2D eigenvalue weighted by Crippen LogP contribution is -2.56. The highest BCUT2D eigenvalue weighted by Crippen LogP contribution is 2.31. The second-order valence-electron chi connectivity index (χ2n) is 8.31. The molecule has 2 atom stereocenters.